The molecule has 95 heavy (non-hydrogen) atoms. The molecule has 3 N–H and O–H groups in total. The van der Waals surface area contributed by atoms with Crippen LogP contribution in [0.3, 0.4) is 0 Å². The molecule has 0 aromatic carbocycles. The summed E-state index contributed by atoms with van der Waals surface area (Å²) in [5.41, 5.74) is 0. The Hall–Kier alpha value is -1.94. The lowest BCUT2D eigenvalue weighted by Gasteiger charge is -2.21. The summed E-state index contributed by atoms with van der Waals surface area (Å²) < 4.78 is 68.5. The van der Waals surface area contributed by atoms with Gasteiger partial charge in [-0.1, -0.05) is 337 Å². The maximum atomic E-state index is 13.1. The zero-order chi connectivity index (χ0) is 70.1. The van der Waals surface area contributed by atoms with Crippen LogP contribution in [0.15, 0.2) is 0 Å². The number of hydrogen-bond acceptors (Lipinski definition) is 15. The molecule has 0 radical (unpaired) electrons. The molecular weight excluding hydrogens is 1250 g/mol. The van der Waals surface area contributed by atoms with Crippen LogP contribution in [0.1, 0.15) is 389 Å². The highest BCUT2D eigenvalue weighted by Crippen LogP contribution is 2.45. The summed E-state index contributed by atoms with van der Waals surface area (Å²) in [5.74, 6) is 0.227. The fourth-order valence-electron chi connectivity index (χ4n) is 11.5. The van der Waals surface area contributed by atoms with E-state index in [2.05, 4.69) is 48.5 Å². The molecule has 0 aromatic rings. The van der Waals surface area contributed by atoms with Gasteiger partial charge in [-0.2, -0.15) is 0 Å². The smallest absolute Gasteiger partial charge is 0.462 e. The monoisotopic (exact) mass is 1400 g/mol. The van der Waals surface area contributed by atoms with E-state index in [0.29, 0.717) is 25.7 Å². The van der Waals surface area contributed by atoms with E-state index in [1.54, 1.807) is 0 Å². The summed E-state index contributed by atoms with van der Waals surface area (Å²) >= 11 is 0. The van der Waals surface area contributed by atoms with Crippen molar-refractivity contribution >= 4 is 39.5 Å². The summed E-state index contributed by atoms with van der Waals surface area (Å²) in [6, 6.07) is 0. The quantitative estimate of drug-likeness (QED) is 0.0222. The molecule has 0 aromatic heterocycles. The van der Waals surface area contributed by atoms with Gasteiger partial charge in [-0.3, -0.25) is 37.3 Å². The predicted octanol–water partition coefficient (Wildman–Crippen LogP) is 22.2. The normalized spacial score (nSPS) is 14.9. The van der Waals surface area contributed by atoms with E-state index in [1.165, 1.54) is 193 Å². The molecule has 0 fully saturated rings. The standard InChI is InChI=1S/C76H148O17P2/c1-8-12-13-14-15-16-17-18-19-23-26-29-35-43-50-57-73(78)86-63-71(92-75(80)59-52-45-36-30-27-24-21-20-22-25-28-33-40-47-54-67(5)9-2)65-90-94(82,83)88-61-70(77)62-89-95(84,85)91-66-72(64-87-74(79)58-51-44-39-38-42-49-56-69(7)11-4)93-76(81)60-53-46-37-32-31-34-41-48-55-68(6)10-3/h67-72,77H,8-66H2,1-7H3,(H,82,83)(H,84,85)/t67?,68?,69?,70-,71-,72-/m1/s1. The first-order valence-electron chi connectivity index (χ1n) is 39.5. The van der Waals surface area contributed by atoms with Crippen LogP contribution in [-0.2, 0) is 65.4 Å². The first kappa shape index (κ1) is 93.1. The predicted molar refractivity (Wildman–Crippen MR) is 386 cm³/mol. The molecule has 0 aliphatic heterocycles. The Morgan fingerprint density at radius 1 is 0.295 bits per heavy atom. The summed E-state index contributed by atoms with van der Waals surface area (Å²) in [6.07, 6.45) is 52.6. The fourth-order valence-corrected chi connectivity index (χ4v) is 13.1. The highest BCUT2D eigenvalue weighted by atomic mass is 31.2. The number of unbranched alkanes of at least 4 members (excludes halogenated alkanes) is 39. The maximum Gasteiger partial charge on any atom is 0.472 e. The van der Waals surface area contributed by atoms with Crippen molar-refractivity contribution in [3.63, 3.8) is 0 Å². The molecule has 17 nitrogen and oxygen atoms in total. The van der Waals surface area contributed by atoms with Crippen molar-refractivity contribution in [1.82, 2.24) is 0 Å². The number of hydrogen-bond donors (Lipinski definition) is 3. The van der Waals surface area contributed by atoms with Gasteiger partial charge in [-0.15, -0.1) is 0 Å². The highest BCUT2D eigenvalue weighted by molar-refractivity contribution is 7.47. The van der Waals surface area contributed by atoms with Gasteiger partial charge in [0.25, 0.3) is 0 Å². The van der Waals surface area contributed by atoms with Gasteiger partial charge >= 0.3 is 39.5 Å². The second kappa shape index (κ2) is 66.6. The van der Waals surface area contributed by atoms with Crippen molar-refractivity contribution in [3.05, 3.63) is 0 Å². The Morgan fingerprint density at radius 3 is 0.747 bits per heavy atom. The SMILES string of the molecule is CCCCCCCCCCCCCCCCCC(=O)OC[C@H](COP(=O)(O)OC[C@@H](O)COP(=O)(O)OC[C@@H](COC(=O)CCCCCCCCC(C)CC)OC(=O)CCCCCCCCCCC(C)CC)OC(=O)CCCCCCCCCCCCCCCCC(C)CC. The van der Waals surface area contributed by atoms with Gasteiger partial charge < -0.3 is 33.8 Å². The number of ether oxygens (including phenoxy) is 4. The van der Waals surface area contributed by atoms with Gasteiger partial charge in [-0.25, -0.2) is 9.13 Å². The molecule has 0 amide bonds. The highest BCUT2D eigenvalue weighted by Gasteiger charge is 2.30. The van der Waals surface area contributed by atoms with Crippen molar-refractivity contribution in [2.24, 2.45) is 17.8 Å². The molecule has 0 aliphatic carbocycles. The van der Waals surface area contributed by atoms with Crippen LogP contribution in [0.25, 0.3) is 0 Å². The van der Waals surface area contributed by atoms with Crippen LogP contribution in [0.5, 0.6) is 0 Å². The third-order valence-corrected chi connectivity index (χ3v) is 20.6. The molecule has 0 heterocycles. The lowest BCUT2D eigenvalue weighted by atomic mass is 9.99. The Balaban J connectivity index is 5.26. The van der Waals surface area contributed by atoms with E-state index >= 15 is 0 Å². The number of aliphatic hydroxyl groups is 1. The van der Waals surface area contributed by atoms with Gasteiger partial charge in [0.2, 0.25) is 0 Å². The van der Waals surface area contributed by atoms with E-state index in [0.717, 1.165) is 114 Å². The average Bonchev–Trinajstić information content (AvgIpc) is 2.56. The molecule has 0 saturated carbocycles. The van der Waals surface area contributed by atoms with Crippen molar-refractivity contribution in [2.75, 3.05) is 39.6 Å². The van der Waals surface area contributed by atoms with E-state index < -0.39 is 97.5 Å². The van der Waals surface area contributed by atoms with Gasteiger partial charge in [0.15, 0.2) is 12.2 Å². The van der Waals surface area contributed by atoms with Gasteiger partial charge in [-0.05, 0) is 43.4 Å². The lowest BCUT2D eigenvalue weighted by Crippen LogP contribution is -2.30. The van der Waals surface area contributed by atoms with Crippen molar-refractivity contribution in [3.8, 4) is 0 Å². The fraction of sp³-hybridized carbons (Fsp3) is 0.947. The molecule has 0 bridgehead atoms. The van der Waals surface area contributed by atoms with E-state index in [4.69, 9.17) is 37.0 Å². The molecular formula is C76H148O17P2. The van der Waals surface area contributed by atoms with Crippen LogP contribution in [-0.4, -0.2) is 96.7 Å². The van der Waals surface area contributed by atoms with E-state index in [-0.39, 0.29) is 25.7 Å². The number of carbonyl (C=O) groups is 4. The Bertz CT molecular complexity index is 1860. The van der Waals surface area contributed by atoms with Crippen molar-refractivity contribution in [1.29, 1.82) is 0 Å². The number of phosphoric acid groups is 2. The third-order valence-electron chi connectivity index (χ3n) is 18.7. The number of esters is 4. The first-order valence-corrected chi connectivity index (χ1v) is 42.5. The van der Waals surface area contributed by atoms with E-state index in [1.807, 2.05) is 0 Å². The summed E-state index contributed by atoms with van der Waals surface area (Å²) in [4.78, 5) is 72.8. The van der Waals surface area contributed by atoms with Gasteiger partial charge in [0.05, 0.1) is 26.4 Å². The Kier molecular flexibility index (Phi) is 65.2. The zero-order valence-corrected chi connectivity index (χ0v) is 63.9. The zero-order valence-electron chi connectivity index (χ0n) is 62.1. The minimum Gasteiger partial charge on any atom is -0.462 e. The van der Waals surface area contributed by atoms with Crippen LogP contribution in [0.2, 0.25) is 0 Å². The maximum absolute atomic E-state index is 13.1. The summed E-state index contributed by atoms with van der Waals surface area (Å²) in [5, 5.41) is 10.6. The minimum absolute atomic E-state index is 0.104. The molecule has 19 heteroatoms. The largest absolute Gasteiger partial charge is 0.472 e. The number of carbonyl (C=O) groups excluding carboxylic acids is 4. The van der Waals surface area contributed by atoms with Crippen LogP contribution in [0.4, 0.5) is 0 Å². The number of phosphoric ester groups is 2. The Morgan fingerprint density at radius 2 is 0.505 bits per heavy atom. The molecule has 0 rings (SSSR count). The summed E-state index contributed by atoms with van der Waals surface area (Å²) in [6.45, 7) is 11.9. The molecule has 8 atom stereocenters. The first-order chi connectivity index (χ1) is 45.8. The van der Waals surface area contributed by atoms with Gasteiger partial charge in [0, 0.05) is 25.7 Å². The van der Waals surface area contributed by atoms with E-state index in [9.17, 15) is 43.2 Å². The van der Waals surface area contributed by atoms with Crippen molar-refractivity contribution in [2.45, 2.75) is 407 Å². The van der Waals surface area contributed by atoms with Gasteiger partial charge in [0.1, 0.15) is 19.3 Å². The topological polar surface area (TPSA) is 237 Å². The molecule has 5 unspecified atom stereocenters. The molecule has 0 aliphatic rings. The van der Waals surface area contributed by atoms with Crippen LogP contribution >= 0.6 is 15.6 Å². The van der Waals surface area contributed by atoms with Crippen LogP contribution < -0.4 is 0 Å². The second-order valence-electron chi connectivity index (χ2n) is 28.1. The molecule has 564 valence electrons. The molecule has 0 spiro atoms. The second-order valence-corrected chi connectivity index (χ2v) is 31.0. The third kappa shape index (κ3) is 66.4. The lowest BCUT2D eigenvalue weighted by molar-refractivity contribution is -0.161. The minimum atomic E-state index is -4.96. The summed E-state index contributed by atoms with van der Waals surface area (Å²) in [7, 11) is -9.91. The van der Waals surface area contributed by atoms with Crippen molar-refractivity contribution < 1.29 is 80.2 Å². The average molecular weight is 1400 g/mol. The number of rotatable bonds is 74. The number of aliphatic hydroxyl groups excluding tert-OH is 1. The van der Waals surface area contributed by atoms with Crippen LogP contribution in [0, 0.1) is 17.8 Å². The Labute approximate surface area is 581 Å². The molecule has 0 saturated heterocycles.